The number of benzene rings is 1. The second-order valence-electron chi connectivity index (χ2n) is 3.54. The van der Waals surface area contributed by atoms with Crippen LogP contribution in [0.25, 0.3) is 16.6 Å². The highest BCUT2D eigenvalue weighted by Crippen LogP contribution is 2.20. The van der Waals surface area contributed by atoms with Crippen LogP contribution in [0.1, 0.15) is 10.4 Å². The first-order valence-electron chi connectivity index (χ1n) is 4.85. The molecule has 0 aliphatic heterocycles. The van der Waals surface area contributed by atoms with E-state index in [4.69, 9.17) is 5.11 Å². The number of carboxylic acid groups (broad SMARTS) is 1. The van der Waals surface area contributed by atoms with Crippen molar-refractivity contribution in [1.29, 1.82) is 0 Å². The van der Waals surface area contributed by atoms with E-state index in [0.29, 0.717) is 5.65 Å². The number of rotatable bonds is 1. The highest BCUT2D eigenvalue weighted by atomic mass is 16.4. The van der Waals surface area contributed by atoms with E-state index in [-0.39, 0.29) is 5.56 Å². The molecular weight excluding hydrogens is 204 g/mol. The molecule has 0 saturated heterocycles. The van der Waals surface area contributed by atoms with Gasteiger partial charge in [-0.2, -0.15) is 0 Å². The number of carboxylic acids is 1. The quantitative estimate of drug-likeness (QED) is 0.672. The number of pyridine rings is 1. The fraction of sp³-hybridized carbons (Fsp3) is 0. The van der Waals surface area contributed by atoms with Gasteiger partial charge in [-0.1, -0.05) is 18.2 Å². The van der Waals surface area contributed by atoms with E-state index in [1.807, 2.05) is 24.3 Å². The summed E-state index contributed by atoms with van der Waals surface area (Å²) in [5, 5.41) is 10.0. The lowest BCUT2D eigenvalue weighted by molar-refractivity contribution is 0.0698. The molecule has 0 bridgehead atoms. The van der Waals surface area contributed by atoms with Gasteiger partial charge in [-0.15, -0.1) is 0 Å². The van der Waals surface area contributed by atoms with Crippen molar-refractivity contribution < 1.29 is 9.90 Å². The fourth-order valence-electron chi connectivity index (χ4n) is 1.90. The summed E-state index contributed by atoms with van der Waals surface area (Å²) in [5.41, 5.74) is 1.66. The van der Waals surface area contributed by atoms with E-state index in [2.05, 4.69) is 4.98 Å². The van der Waals surface area contributed by atoms with Crippen LogP contribution in [0.3, 0.4) is 0 Å². The van der Waals surface area contributed by atoms with E-state index >= 15 is 0 Å². The molecule has 4 heteroatoms. The molecule has 0 fully saturated rings. The Hall–Kier alpha value is -2.36. The lowest BCUT2D eigenvalue weighted by Gasteiger charge is -2.04. The average molecular weight is 212 g/mol. The maximum atomic E-state index is 11.1. The molecule has 0 radical (unpaired) electrons. The zero-order valence-electron chi connectivity index (χ0n) is 8.29. The summed E-state index contributed by atoms with van der Waals surface area (Å²) >= 11 is 0. The molecule has 0 atom stereocenters. The van der Waals surface area contributed by atoms with Crippen molar-refractivity contribution in [2.24, 2.45) is 0 Å². The van der Waals surface area contributed by atoms with Crippen LogP contribution >= 0.6 is 0 Å². The zero-order chi connectivity index (χ0) is 11.1. The molecule has 2 aromatic heterocycles. The normalized spacial score (nSPS) is 11.0. The van der Waals surface area contributed by atoms with Gasteiger partial charge in [0.15, 0.2) is 5.65 Å². The van der Waals surface area contributed by atoms with E-state index in [0.717, 1.165) is 10.9 Å². The summed E-state index contributed by atoms with van der Waals surface area (Å²) in [5.74, 6) is -0.957. The predicted molar refractivity (Wildman–Crippen MR) is 59.7 cm³/mol. The molecule has 2 heterocycles. The molecule has 1 aromatic carbocycles. The minimum Gasteiger partial charge on any atom is -0.478 e. The Kier molecular flexibility index (Phi) is 1.71. The molecule has 78 valence electrons. The number of fused-ring (bicyclic) bond motifs is 3. The highest BCUT2D eigenvalue weighted by Gasteiger charge is 2.12. The first-order valence-corrected chi connectivity index (χ1v) is 4.85. The Balaban J connectivity index is 2.58. The van der Waals surface area contributed by atoms with Crippen LogP contribution in [-0.4, -0.2) is 20.5 Å². The third-order valence-corrected chi connectivity index (χ3v) is 2.61. The predicted octanol–water partition coefficient (Wildman–Crippen LogP) is 2.19. The van der Waals surface area contributed by atoms with Crippen LogP contribution in [0, 0.1) is 0 Å². The summed E-state index contributed by atoms with van der Waals surface area (Å²) in [6, 6.07) is 9.29. The van der Waals surface area contributed by atoms with E-state index < -0.39 is 5.97 Å². The number of hydrogen-bond acceptors (Lipinski definition) is 2. The Morgan fingerprint density at radius 1 is 1.31 bits per heavy atom. The van der Waals surface area contributed by atoms with Gasteiger partial charge >= 0.3 is 5.97 Å². The molecule has 0 aliphatic rings. The highest BCUT2D eigenvalue weighted by molar-refractivity contribution is 5.99. The molecule has 4 nitrogen and oxygen atoms in total. The topological polar surface area (TPSA) is 54.6 Å². The van der Waals surface area contributed by atoms with Crippen molar-refractivity contribution in [2.45, 2.75) is 0 Å². The van der Waals surface area contributed by atoms with Crippen LogP contribution < -0.4 is 0 Å². The Labute approximate surface area is 90.8 Å². The molecule has 16 heavy (non-hydrogen) atoms. The molecule has 3 rings (SSSR count). The first kappa shape index (κ1) is 8.91. The number of carbonyl (C=O) groups is 1. The van der Waals surface area contributed by atoms with Crippen LogP contribution in [0.15, 0.2) is 42.7 Å². The second kappa shape index (κ2) is 3.06. The van der Waals surface area contributed by atoms with Crippen molar-refractivity contribution in [3.63, 3.8) is 0 Å². The van der Waals surface area contributed by atoms with Gasteiger partial charge in [0.25, 0.3) is 0 Å². The summed E-state index contributed by atoms with van der Waals surface area (Å²) in [7, 11) is 0. The van der Waals surface area contributed by atoms with Gasteiger partial charge in [-0.05, 0) is 17.5 Å². The SMILES string of the molecule is O=C(O)c1cc2ccccc2n2ccnc12. The minimum absolute atomic E-state index is 0.226. The van der Waals surface area contributed by atoms with Crippen molar-refractivity contribution in [2.75, 3.05) is 0 Å². The van der Waals surface area contributed by atoms with Crippen LogP contribution in [0.4, 0.5) is 0 Å². The number of para-hydroxylation sites is 1. The van der Waals surface area contributed by atoms with Gasteiger partial charge in [0.2, 0.25) is 0 Å². The van der Waals surface area contributed by atoms with Gasteiger partial charge in [0.05, 0.1) is 5.52 Å². The molecule has 1 N–H and O–H groups in total. The van der Waals surface area contributed by atoms with Gasteiger partial charge in [0, 0.05) is 12.4 Å². The number of nitrogens with zero attached hydrogens (tertiary/aromatic N) is 2. The Morgan fingerprint density at radius 3 is 2.94 bits per heavy atom. The number of aromatic carboxylic acids is 1. The first-order chi connectivity index (χ1) is 7.77. The third-order valence-electron chi connectivity index (χ3n) is 2.61. The molecule has 0 unspecified atom stereocenters. The van der Waals surface area contributed by atoms with Crippen LogP contribution in [0.5, 0.6) is 0 Å². The maximum Gasteiger partial charge on any atom is 0.339 e. The standard InChI is InChI=1S/C12H8N2O2/c15-12(16)9-7-8-3-1-2-4-10(8)14-6-5-13-11(9)14/h1-7H,(H,15,16). The van der Waals surface area contributed by atoms with Crippen molar-refractivity contribution >= 4 is 22.5 Å². The minimum atomic E-state index is -0.957. The third kappa shape index (κ3) is 1.10. The monoisotopic (exact) mass is 212 g/mol. The Bertz CT molecular complexity index is 700. The van der Waals surface area contributed by atoms with Crippen molar-refractivity contribution in [3.8, 4) is 0 Å². The second-order valence-corrected chi connectivity index (χ2v) is 3.54. The molecule has 0 aliphatic carbocycles. The molecule has 0 spiro atoms. The van der Waals surface area contributed by atoms with Gasteiger partial charge in [-0.25, -0.2) is 9.78 Å². The summed E-state index contributed by atoms with van der Waals surface area (Å²) in [6.07, 6.45) is 3.37. The van der Waals surface area contributed by atoms with E-state index in [9.17, 15) is 4.79 Å². The zero-order valence-corrected chi connectivity index (χ0v) is 8.29. The van der Waals surface area contributed by atoms with Crippen molar-refractivity contribution in [1.82, 2.24) is 9.38 Å². The van der Waals surface area contributed by atoms with Crippen molar-refractivity contribution in [3.05, 3.63) is 48.3 Å². The number of hydrogen-bond donors (Lipinski definition) is 1. The largest absolute Gasteiger partial charge is 0.478 e. The molecule has 3 aromatic rings. The van der Waals surface area contributed by atoms with Gasteiger partial charge in [-0.3, -0.25) is 4.40 Å². The number of aromatic nitrogens is 2. The smallest absolute Gasteiger partial charge is 0.339 e. The summed E-state index contributed by atoms with van der Waals surface area (Å²) in [4.78, 5) is 15.2. The molecule has 0 saturated carbocycles. The molecule has 0 amide bonds. The lowest BCUT2D eigenvalue weighted by atomic mass is 10.1. The van der Waals surface area contributed by atoms with E-state index in [1.54, 1.807) is 22.9 Å². The number of imidazole rings is 1. The van der Waals surface area contributed by atoms with Gasteiger partial charge in [0.1, 0.15) is 5.56 Å². The Morgan fingerprint density at radius 2 is 2.12 bits per heavy atom. The van der Waals surface area contributed by atoms with Crippen LogP contribution in [0.2, 0.25) is 0 Å². The summed E-state index contributed by atoms with van der Waals surface area (Å²) < 4.78 is 1.79. The maximum absolute atomic E-state index is 11.1. The molecular formula is C12H8N2O2. The van der Waals surface area contributed by atoms with Crippen LogP contribution in [-0.2, 0) is 0 Å². The van der Waals surface area contributed by atoms with E-state index in [1.165, 1.54) is 0 Å². The summed E-state index contributed by atoms with van der Waals surface area (Å²) in [6.45, 7) is 0. The van der Waals surface area contributed by atoms with Gasteiger partial charge < -0.3 is 5.11 Å². The average Bonchev–Trinajstić information content (AvgIpc) is 2.76. The fourth-order valence-corrected chi connectivity index (χ4v) is 1.90. The lowest BCUT2D eigenvalue weighted by Crippen LogP contribution is -2.01.